The lowest BCUT2D eigenvalue weighted by Gasteiger charge is -2.12. The second-order valence-corrected chi connectivity index (χ2v) is 5.59. The van der Waals surface area contributed by atoms with E-state index >= 15 is 0 Å². The second-order valence-electron chi connectivity index (χ2n) is 5.59. The molecule has 1 aliphatic rings. The van der Waals surface area contributed by atoms with Crippen LogP contribution in [0.25, 0.3) is 0 Å². The van der Waals surface area contributed by atoms with Gasteiger partial charge in [-0.25, -0.2) is 9.98 Å². The summed E-state index contributed by atoms with van der Waals surface area (Å²) in [6.07, 6.45) is 7.09. The average molecular weight is 363 g/mol. The van der Waals surface area contributed by atoms with Crippen LogP contribution in [0.3, 0.4) is 0 Å². The van der Waals surface area contributed by atoms with E-state index < -0.39 is 5.91 Å². The molecule has 0 atom stereocenters. The molecule has 0 saturated carbocycles. The van der Waals surface area contributed by atoms with Crippen LogP contribution < -0.4 is 16.4 Å². The smallest absolute Gasteiger partial charge is 0.274 e. The van der Waals surface area contributed by atoms with E-state index in [4.69, 9.17) is 21.0 Å². The van der Waals surface area contributed by atoms with Crippen LogP contribution >= 0.6 is 0 Å². The van der Waals surface area contributed by atoms with Gasteiger partial charge in [0.2, 0.25) is 0 Å². The van der Waals surface area contributed by atoms with Gasteiger partial charge < -0.3 is 20.8 Å². The number of aromatic nitrogens is 1. The number of anilines is 2. The Balaban J connectivity index is 1.83. The standard InChI is InChI=1S/C18H17N7O2/c1-22-6-10-4-15(24-7-14(10)20)18(26)25-11-2-3-13(19)12(5-11)17(21)16-8-23-9-27-16/h2-9,20-22H,19H2,1H3,(H,25,26)/b10-6-,20-14?,21-17?. The molecule has 1 amide bonds. The zero-order valence-electron chi connectivity index (χ0n) is 14.4. The molecule has 3 rings (SSSR count). The predicted octanol–water partition coefficient (Wildman–Crippen LogP) is 1.70. The Morgan fingerprint density at radius 1 is 1.37 bits per heavy atom. The number of nitrogens with one attached hydrogen (secondary N) is 4. The number of carbonyl (C=O) groups is 1. The van der Waals surface area contributed by atoms with Crippen molar-refractivity contribution in [3.05, 3.63) is 65.7 Å². The third-order valence-electron chi connectivity index (χ3n) is 3.73. The minimum atomic E-state index is -0.442. The van der Waals surface area contributed by atoms with Gasteiger partial charge in [0.25, 0.3) is 5.91 Å². The molecule has 9 nitrogen and oxygen atoms in total. The van der Waals surface area contributed by atoms with E-state index in [0.29, 0.717) is 22.5 Å². The van der Waals surface area contributed by atoms with Gasteiger partial charge in [-0.15, -0.1) is 0 Å². The van der Waals surface area contributed by atoms with E-state index in [-0.39, 0.29) is 22.9 Å². The fourth-order valence-corrected chi connectivity index (χ4v) is 2.39. The lowest BCUT2D eigenvalue weighted by atomic mass is 10.1. The highest BCUT2D eigenvalue weighted by Gasteiger charge is 2.17. The normalized spacial score (nSPS) is 14.8. The van der Waals surface area contributed by atoms with Crippen LogP contribution in [-0.2, 0) is 4.79 Å². The van der Waals surface area contributed by atoms with Crippen molar-refractivity contribution >= 4 is 34.9 Å². The van der Waals surface area contributed by atoms with Gasteiger partial charge in [-0.3, -0.25) is 15.6 Å². The number of nitrogens with two attached hydrogens (primary N) is 1. The molecule has 9 heteroatoms. The Labute approximate surface area is 154 Å². The Kier molecular flexibility index (Phi) is 4.93. The third kappa shape index (κ3) is 3.82. The van der Waals surface area contributed by atoms with Crippen LogP contribution in [0, 0.1) is 10.8 Å². The quantitative estimate of drug-likeness (QED) is 0.404. The molecule has 2 heterocycles. The highest BCUT2D eigenvalue weighted by Crippen LogP contribution is 2.22. The number of allylic oxidation sites excluding steroid dienone is 2. The minimum absolute atomic E-state index is 0.0590. The van der Waals surface area contributed by atoms with Crippen LogP contribution in [0.2, 0.25) is 0 Å². The fraction of sp³-hybridized carbons (Fsp3) is 0.0556. The van der Waals surface area contributed by atoms with Crippen LogP contribution in [0.5, 0.6) is 0 Å². The Hall–Kier alpha value is -4.01. The van der Waals surface area contributed by atoms with Crippen LogP contribution in [0.15, 0.2) is 63.7 Å². The van der Waals surface area contributed by atoms with Gasteiger partial charge in [-0.05, 0) is 24.3 Å². The monoisotopic (exact) mass is 363 g/mol. The maximum atomic E-state index is 12.5. The van der Waals surface area contributed by atoms with Crippen LogP contribution in [0.4, 0.5) is 11.4 Å². The zero-order chi connectivity index (χ0) is 19.4. The molecule has 0 fully saturated rings. The number of nitrogen functional groups attached to an aromatic ring is 1. The summed E-state index contributed by atoms with van der Waals surface area (Å²) in [5.74, 6) is -0.173. The predicted molar refractivity (Wildman–Crippen MR) is 103 cm³/mol. The van der Waals surface area contributed by atoms with E-state index in [9.17, 15) is 4.79 Å². The Bertz CT molecular complexity index is 1000. The first-order chi connectivity index (χ1) is 13.0. The summed E-state index contributed by atoms with van der Waals surface area (Å²) in [5.41, 5.74) is 8.15. The molecule has 0 bridgehead atoms. The van der Waals surface area contributed by atoms with E-state index in [0.717, 1.165) is 0 Å². The first kappa shape index (κ1) is 17.8. The maximum absolute atomic E-state index is 12.5. The lowest BCUT2D eigenvalue weighted by Crippen LogP contribution is -2.19. The Morgan fingerprint density at radius 3 is 2.89 bits per heavy atom. The van der Waals surface area contributed by atoms with Gasteiger partial charge in [-0.1, -0.05) is 0 Å². The van der Waals surface area contributed by atoms with Crippen molar-refractivity contribution in [2.45, 2.75) is 0 Å². The molecule has 1 aromatic carbocycles. The number of oxazole rings is 1. The second kappa shape index (κ2) is 7.48. The SMILES string of the molecule is CN/C=C1/C=C(C(=O)Nc2ccc(N)c(C(=N)c3cnco3)c2)N=CC1=N. The van der Waals surface area contributed by atoms with E-state index in [1.165, 1.54) is 24.9 Å². The van der Waals surface area contributed by atoms with E-state index in [1.807, 2.05) is 0 Å². The summed E-state index contributed by atoms with van der Waals surface area (Å²) in [4.78, 5) is 20.3. The van der Waals surface area contributed by atoms with Crippen molar-refractivity contribution in [2.24, 2.45) is 4.99 Å². The molecule has 0 aliphatic carbocycles. The molecule has 1 aliphatic heterocycles. The topological polar surface area (TPSA) is 153 Å². The number of hydrogen-bond acceptors (Lipinski definition) is 8. The van der Waals surface area contributed by atoms with Crippen molar-refractivity contribution in [1.82, 2.24) is 10.3 Å². The molecule has 2 aromatic rings. The zero-order valence-corrected chi connectivity index (χ0v) is 14.4. The van der Waals surface area contributed by atoms with Gasteiger partial charge >= 0.3 is 0 Å². The van der Waals surface area contributed by atoms with Crippen molar-refractivity contribution in [3.8, 4) is 0 Å². The molecule has 0 spiro atoms. The summed E-state index contributed by atoms with van der Waals surface area (Å²) in [6.45, 7) is 0. The number of amides is 1. The first-order valence-electron chi connectivity index (χ1n) is 7.90. The first-order valence-corrected chi connectivity index (χ1v) is 7.90. The summed E-state index contributed by atoms with van der Waals surface area (Å²) >= 11 is 0. The van der Waals surface area contributed by atoms with Crippen LogP contribution in [-0.4, -0.2) is 35.6 Å². The van der Waals surface area contributed by atoms with Crippen molar-refractivity contribution < 1.29 is 9.21 Å². The highest BCUT2D eigenvalue weighted by atomic mass is 16.3. The minimum Gasteiger partial charge on any atom is -0.442 e. The van der Waals surface area contributed by atoms with E-state index in [2.05, 4.69) is 20.6 Å². The number of benzene rings is 1. The summed E-state index contributed by atoms with van der Waals surface area (Å²) < 4.78 is 5.13. The van der Waals surface area contributed by atoms with Crippen molar-refractivity contribution in [1.29, 1.82) is 10.8 Å². The highest BCUT2D eigenvalue weighted by molar-refractivity contribution is 6.39. The number of aliphatic imine (C=N–C) groups is 1. The van der Waals surface area contributed by atoms with Gasteiger partial charge in [0.05, 0.1) is 18.1 Å². The van der Waals surface area contributed by atoms with Gasteiger partial charge in [0.1, 0.15) is 11.4 Å². The molecule has 1 aromatic heterocycles. The molecule has 6 N–H and O–H groups in total. The van der Waals surface area contributed by atoms with Gasteiger partial charge in [-0.2, -0.15) is 0 Å². The van der Waals surface area contributed by atoms with Gasteiger partial charge in [0, 0.05) is 35.8 Å². The Morgan fingerprint density at radius 2 is 2.19 bits per heavy atom. The molecule has 136 valence electrons. The average Bonchev–Trinajstić information content (AvgIpc) is 3.19. The molecule has 0 unspecified atom stereocenters. The molecular weight excluding hydrogens is 346 g/mol. The van der Waals surface area contributed by atoms with Gasteiger partial charge in [0.15, 0.2) is 12.2 Å². The van der Waals surface area contributed by atoms with E-state index in [1.54, 1.807) is 31.4 Å². The molecule has 27 heavy (non-hydrogen) atoms. The molecular formula is C18H17N7O2. The number of carbonyl (C=O) groups excluding carboxylic acids is 1. The van der Waals surface area contributed by atoms with Crippen LogP contribution in [0.1, 0.15) is 11.3 Å². The lowest BCUT2D eigenvalue weighted by molar-refractivity contribution is -0.112. The van der Waals surface area contributed by atoms with Crippen molar-refractivity contribution in [2.75, 3.05) is 18.1 Å². The largest absolute Gasteiger partial charge is 0.442 e. The fourth-order valence-electron chi connectivity index (χ4n) is 2.39. The molecule has 0 radical (unpaired) electrons. The summed E-state index contributed by atoms with van der Waals surface area (Å²) in [6, 6.07) is 4.80. The number of rotatable bonds is 5. The maximum Gasteiger partial charge on any atom is 0.274 e. The van der Waals surface area contributed by atoms with Crippen molar-refractivity contribution in [3.63, 3.8) is 0 Å². The number of nitrogens with zero attached hydrogens (tertiary/aromatic N) is 2. The third-order valence-corrected chi connectivity index (χ3v) is 3.73. The molecule has 0 saturated heterocycles. The summed E-state index contributed by atoms with van der Waals surface area (Å²) in [7, 11) is 1.71. The number of hydrogen-bond donors (Lipinski definition) is 5. The summed E-state index contributed by atoms with van der Waals surface area (Å²) in [5, 5.41) is 21.5.